The maximum Gasteiger partial charge on any atom is 2.00 e. The molecule has 0 heterocycles. The molecule has 0 N–H and O–H groups in total. The van der Waals surface area contributed by atoms with Gasteiger partial charge >= 0.3 is 10.1 Å². The van der Waals surface area contributed by atoms with E-state index in [1.807, 2.05) is 13.8 Å². The second-order valence-corrected chi connectivity index (χ2v) is 1.73. The maximum atomic E-state index is 4.39. The van der Waals surface area contributed by atoms with E-state index in [0.29, 0.717) is 0 Å². The van der Waals surface area contributed by atoms with Crippen molar-refractivity contribution in [2.24, 2.45) is 0 Å². The first kappa shape index (κ1) is 15.7. The van der Waals surface area contributed by atoms with Crippen LogP contribution >= 0.6 is 0 Å². The SMILES string of the molecule is CC[S-].CC[S-].[Be+2]. The van der Waals surface area contributed by atoms with Gasteiger partial charge in [-0.25, -0.2) is 0 Å². The molecule has 0 aromatic rings. The summed E-state index contributed by atoms with van der Waals surface area (Å²) in [5.74, 6) is 1.67. The summed E-state index contributed by atoms with van der Waals surface area (Å²) in [5, 5.41) is 0. The van der Waals surface area contributed by atoms with Gasteiger partial charge in [0.2, 0.25) is 0 Å². The molecule has 0 nitrogen and oxygen atoms in total. The third-order valence-electron chi connectivity index (χ3n) is 0. The fourth-order valence-electron chi connectivity index (χ4n) is 0. The zero-order chi connectivity index (χ0) is 5.41. The van der Waals surface area contributed by atoms with Crippen molar-refractivity contribution in [1.82, 2.24) is 0 Å². The molecule has 0 aromatic carbocycles. The van der Waals surface area contributed by atoms with E-state index >= 15 is 0 Å². The first-order valence-corrected chi connectivity index (χ1v) is 3.15. The van der Waals surface area contributed by atoms with E-state index in [1.54, 1.807) is 0 Å². The van der Waals surface area contributed by atoms with Crippen molar-refractivity contribution < 1.29 is 0 Å². The summed E-state index contributed by atoms with van der Waals surface area (Å²) in [6.07, 6.45) is 0. The third-order valence-corrected chi connectivity index (χ3v) is 0. The minimum absolute atomic E-state index is 0. The predicted octanol–water partition coefficient (Wildman–Crippen LogP) is 0.726. The van der Waals surface area contributed by atoms with E-state index < -0.39 is 0 Å². The van der Waals surface area contributed by atoms with Crippen molar-refractivity contribution in [2.45, 2.75) is 13.8 Å². The first-order valence-electron chi connectivity index (χ1n) is 1.99. The second-order valence-electron chi connectivity index (χ2n) is 0.577. The molecule has 40 valence electrons. The van der Waals surface area contributed by atoms with Crippen molar-refractivity contribution >= 4 is 35.4 Å². The van der Waals surface area contributed by atoms with Crippen molar-refractivity contribution in [3.63, 3.8) is 0 Å². The Morgan fingerprint density at radius 2 is 1.00 bits per heavy atom. The van der Waals surface area contributed by atoms with Crippen LogP contribution in [0.5, 0.6) is 0 Å². The Labute approximate surface area is 61.1 Å². The summed E-state index contributed by atoms with van der Waals surface area (Å²) >= 11 is 8.79. The molecular formula is C4H10BeS2. The maximum absolute atomic E-state index is 4.39. The van der Waals surface area contributed by atoms with Crippen LogP contribution < -0.4 is 0 Å². The standard InChI is InChI=1S/2C2H6S.Be/c2*1-2-3;/h2*3H,2H2,1H3;/q;;+2/p-2. The minimum atomic E-state index is 0. The van der Waals surface area contributed by atoms with E-state index in [-0.39, 0.29) is 10.1 Å². The summed E-state index contributed by atoms with van der Waals surface area (Å²) in [6.45, 7) is 3.88. The molecule has 0 unspecified atom stereocenters. The quantitative estimate of drug-likeness (QED) is 0.351. The minimum Gasteiger partial charge on any atom is -0.793 e. The molecule has 0 aliphatic heterocycles. The average molecular weight is 131 g/mol. The summed E-state index contributed by atoms with van der Waals surface area (Å²) in [5.41, 5.74) is 0. The number of hydrogen-bond acceptors (Lipinski definition) is 2. The van der Waals surface area contributed by atoms with Crippen LogP contribution in [0.2, 0.25) is 0 Å². The molecule has 0 aromatic heterocycles. The number of hydrogen-bond donors (Lipinski definition) is 0. The molecule has 3 heteroatoms. The van der Waals surface area contributed by atoms with Crippen LogP contribution in [0.25, 0.3) is 0 Å². The molecule has 0 spiro atoms. The molecule has 0 amide bonds. The van der Waals surface area contributed by atoms with E-state index in [2.05, 4.69) is 25.3 Å². The average Bonchev–Trinajstić information content (AvgIpc) is 1.39. The Kier molecular flexibility index (Phi) is 64.3. The van der Waals surface area contributed by atoms with E-state index in [1.165, 1.54) is 0 Å². The van der Waals surface area contributed by atoms with Gasteiger partial charge in [-0.05, 0) is 0 Å². The second kappa shape index (κ2) is 28.7. The normalized spacial score (nSPS) is 5.14. The van der Waals surface area contributed by atoms with Gasteiger partial charge in [-0.1, -0.05) is 13.8 Å². The molecule has 0 rings (SSSR count). The Hall–Kier alpha value is 0.869. The molecule has 0 aliphatic rings. The molecule has 0 bridgehead atoms. The van der Waals surface area contributed by atoms with Gasteiger partial charge < -0.3 is 25.3 Å². The molecule has 0 saturated heterocycles. The predicted molar refractivity (Wildman–Crippen MR) is 41.6 cm³/mol. The Balaban J connectivity index is -0.0000000400. The largest absolute Gasteiger partial charge is 2.00 e. The van der Waals surface area contributed by atoms with Gasteiger partial charge in [0.25, 0.3) is 0 Å². The Morgan fingerprint density at radius 3 is 1.00 bits per heavy atom. The van der Waals surface area contributed by atoms with E-state index in [4.69, 9.17) is 0 Å². The molecule has 0 saturated carbocycles. The van der Waals surface area contributed by atoms with Gasteiger partial charge in [-0.15, -0.1) is 0 Å². The van der Waals surface area contributed by atoms with Gasteiger partial charge in [0, 0.05) is 0 Å². The Bertz CT molecular complexity index is 11.7. The van der Waals surface area contributed by atoms with Gasteiger partial charge in [0.1, 0.15) is 0 Å². The summed E-state index contributed by atoms with van der Waals surface area (Å²) < 4.78 is 0. The fraction of sp³-hybridized carbons (Fsp3) is 1.00. The monoisotopic (exact) mass is 131 g/mol. The van der Waals surface area contributed by atoms with Crippen LogP contribution in [0.15, 0.2) is 0 Å². The molecule has 0 aliphatic carbocycles. The van der Waals surface area contributed by atoms with Crippen LogP contribution in [0.3, 0.4) is 0 Å². The van der Waals surface area contributed by atoms with Crippen molar-refractivity contribution in [1.29, 1.82) is 0 Å². The van der Waals surface area contributed by atoms with Crippen molar-refractivity contribution in [3.8, 4) is 0 Å². The Morgan fingerprint density at radius 1 is 1.00 bits per heavy atom. The molecule has 0 radical (unpaired) electrons. The topological polar surface area (TPSA) is 0 Å². The molecule has 7 heavy (non-hydrogen) atoms. The zero-order valence-corrected chi connectivity index (χ0v) is 6.57. The molecule has 0 fully saturated rings. The smallest absolute Gasteiger partial charge is 0.793 e. The third kappa shape index (κ3) is 216. The van der Waals surface area contributed by atoms with Crippen LogP contribution in [0, 0.1) is 0 Å². The van der Waals surface area contributed by atoms with Gasteiger partial charge in [0.15, 0.2) is 0 Å². The van der Waals surface area contributed by atoms with Gasteiger partial charge in [-0.3, -0.25) is 0 Å². The summed E-state index contributed by atoms with van der Waals surface area (Å²) in [6, 6.07) is 0. The van der Waals surface area contributed by atoms with Crippen LogP contribution in [-0.2, 0) is 25.3 Å². The van der Waals surface area contributed by atoms with E-state index in [0.717, 1.165) is 11.5 Å². The van der Waals surface area contributed by atoms with E-state index in [9.17, 15) is 0 Å². The van der Waals surface area contributed by atoms with Crippen LogP contribution in [0.1, 0.15) is 13.8 Å². The first-order chi connectivity index (χ1) is 2.83. The number of rotatable bonds is 0. The zero-order valence-electron chi connectivity index (χ0n) is 4.94. The van der Waals surface area contributed by atoms with Gasteiger partial charge in [-0.2, -0.15) is 11.5 Å². The molecule has 0 atom stereocenters. The van der Waals surface area contributed by atoms with Crippen molar-refractivity contribution in [2.75, 3.05) is 11.5 Å². The summed E-state index contributed by atoms with van der Waals surface area (Å²) in [7, 11) is 0. The van der Waals surface area contributed by atoms with Crippen LogP contribution in [0.4, 0.5) is 0 Å². The van der Waals surface area contributed by atoms with Gasteiger partial charge in [0.05, 0.1) is 0 Å². The fourth-order valence-corrected chi connectivity index (χ4v) is 0. The summed E-state index contributed by atoms with van der Waals surface area (Å²) in [4.78, 5) is 0. The van der Waals surface area contributed by atoms with Crippen molar-refractivity contribution in [3.05, 3.63) is 0 Å². The molecular weight excluding hydrogens is 121 g/mol. The van der Waals surface area contributed by atoms with Crippen LogP contribution in [-0.4, -0.2) is 21.6 Å².